The number of benzene rings is 1. The lowest BCUT2D eigenvalue weighted by Gasteiger charge is -2.64. The van der Waals surface area contributed by atoms with Crippen molar-refractivity contribution in [1.29, 1.82) is 0 Å². The predicted octanol–water partition coefficient (Wildman–Crippen LogP) is 5.26. The van der Waals surface area contributed by atoms with E-state index < -0.39 is 0 Å². The molecule has 0 spiro atoms. The summed E-state index contributed by atoms with van der Waals surface area (Å²) in [7, 11) is 0. The second-order valence-corrected chi connectivity index (χ2v) is 8.02. The minimum atomic E-state index is 0.342. The second-order valence-electron chi connectivity index (χ2n) is 8.02. The van der Waals surface area contributed by atoms with Crippen molar-refractivity contribution in [2.45, 2.75) is 47.0 Å². The van der Waals surface area contributed by atoms with Crippen LogP contribution in [0.2, 0.25) is 0 Å². The van der Waals surface area contributed by atoms with Gasteiger partial charge < -0.3 is 0 Å². The summed E-state index contributed by atoms with van der Waals surface area (Å²) in [5.74, 6) is 2.31. The molecule has 4 aliphatic rings. The number of rotatable bonds is 0. The first-order chi connectivity index (χ1) is 8.87. The molecule has 0 radical (unpaired) electrons. The molecule has 0 nitrogen and oxygen atoms in total. The highest BCUT2D eigenvalue weighted by Gasteiger charge is 2.63. The molecule has 1 fully saturated rings. The van der Waals surface area contributed by atoms with E-state index in [9.17, 15) is 0 Å². The molecular formula is C19H24. The van der Waals surface area contributed by atoms with Gasteiger partial charge in [0.15, 0.2) is 0 Å². The molecule has 1 aromatic rings. The van der Waals surface area contributed by atoms with Crippen LogP contribution in [0.15, 0.2) is 29.8 Å². The molecule has 100 valence electrons. The summed E-state index contributed by atoms with van der Waals surface area (Å²) in [5, 5.41) is 0. The van der Waals surface area contributed by atoms with E-state index in [1.165, 1.54) is 6.42 Å². The van der Waals surface area contributed by atoms with Crippen LogP contribution >= 0.6 is 0 Å². The lowest BCUT2D eigenvalue weighted by molar-refractivity contribution is -0.0666. The Morgan fingerprint density at radius 1 is 1.05 bits per heavy atom. The standard InChI is InChI=1S/C19H24/c1-11-12-8-6-7-9-13(12)17-16(11)14-10-15(18(14,2)3)19(17,4)5/h6-9,11,14-15H,10H2,1-5H3/t11-,14-,15-/m1/s1. The van der Waals surface area contributed by atoms with E-state index in [0.717, 1.165) is 11.8 Å². The first kappa shape index (κ1) is 11.8. The molecule has 0 saturated heterocycles. The van der Waals surface area contributed by atoms with Crippen molar-refractivity contribution in [2.24, 2.45) is 22.7 Å². The van der Waals surface area contributed by atoms with Crippen LogP contribution in [-0.2, 0) is 0 Å². The van der Waals surface area contributed by atoms with E-state index in [1.54, 1.807) is 22.3 Å². The van der Waals surface area contributed by atoms with Crippen molar-refractivity contribution in [3.63, 3.8) is 0 Å². The summed E-state index contributed by atoms with van der Waals surface area (Å²) in [6, 6.07) is 9.12. The molecule has 1 saturated carbocycles. The van der Waals surface area contributed by atoms with E-state index in [-0.39, 0.29) is 0 Å². The smallest absolute Gasteiger partial charge is 0.00351 e. The molecule has 0 unspecified atom stereocenters. The summed E-state index contributed by atoms with van der Waals surface area (Å²) in [4.78, 5) is 0. The van der Waals surface area contributed by atoms with Gasteiger partial charge in [-0.1, -0.05) is 64.5 Å². The van der Waals surface area contributed by atoms with Crippen LogP contribution in [0, 0.1) is 22.7 Å². The highest BCUT2D eigenvalue weighted by Crippen LogP contribution is 2.73. The van der Waals surface area contributed by atoms with Crippen LogP contribution in [0.3, 0.4) is 0 Å². The SMILES string of the molecule is C[C@H]1C2=C(c3ccccc31)C(C)(C)[C@@H]1C[C@H]2C1(C)C. The van der Waals surface area contributed by atoms with Crippen molar-refractivity contribution in [3.05, 3.63) is 41.0 Å². The van der Waals surface area contributed by atoms with Crippen LogP contribution in [-0.4, -0.2) is 0 Å². The molecule has 3 atom stereocenters. The largest absolute Gasteiger partial charge is 0.0619 e. The zero-order valence-corrected chi connectivity index (χ0v) is 12.7. The highest BCUT2D eigenvalue weighted by atomic mass is 14.7. The van der Waals surface area contributed by atoms with Gasteiger partial charge >= 0.3 is 0 Å². The Hall–Kier alpha value is -1.04. The summed E-state index contributed by atoms with van der Waals surface area (Å²) in [6.45, 7) is 12.4. The summed E-state index contributed by atoms with van der Waals surface area (Å²) in [5.41, 5.74) is 7.45. The molecule has 0 aromatic heterocycles. The van der Waals surface area contributed by atoms with Gasteiger partial charge in [0.2, 0.25) is 0 Å². The van der Waals surface area contributed by atoms with Gasteiger partial charge in [0, 0.05) is 5.92 Å². The van der Waals surface area contributed by atoms with Gasteiger partial charge in [-0.05, 0) is 45.8 Å². The maximum absolute atomic E-state index is 2.49. The Bertz CT molecular complexity index is 600. The molecule has 0 amide bonds. The third kappa shape index (κ3) is 1.13. The van der Waals surface area contributed by atoms with Gasteiger partial charge in [-0.25, -0.2) is 0 Å². The van der Waals surface area contributed by atoms with E-state index in [0.29, 0.717) is 16.7 Å². The molecule has 0 heterocycles. The van der Waals surface area contributed by atoms with E-state index in [2.05, 4.69) is 58.9 Å². The molecular weight excluding hydrogens is 228 g/mol. The van der Waals surface area contributed by atoms with Crippen molar-refractivity contribution in [2.75, 3.05) is 0 Å². The monoisotopic (exact) mass is 252 g/mol. The third-order valence-electron chi connectivity index (χ3n) is 6.61. The van der Waals surface area contributed by atoms with E-state index in [4.69, 9.17) is 0 Å². The highest BCUT2D eigenvalue weighted by molar-refractivity contribution is 5.84. The summed E-state index contributed by atoms with van der Waals surface area (Å²) in [6.07, 6.45) is 1.41. The van der Waals surface area contributed by atoms with Crippen LogP contribution in [0.1, 0.15) is 58.1 Å². The average molecular weight is 252 g/mol. The summed E-state index contributed by atoms with van der Waals surface area (Å²) >= 11 is 0. The molecule has 5 rings (SSSR count). The molecule has 1 aromatic carbocycles. The lowest BCUT2D eigenvalue weighted by Crippen LogP contribution is -2.56. The van der Waals surface area contributed by atoms with Gasteiger partial charge in [-0.3, -0.25) is 0 Å². The number of hydrogen-bond acceptors (Lipinski definition) is 0. The topological polar surface area (TPSA) is 0 Å². The van der Waals surface area contributed by atoms with Crippen LogP contribution in [0.4, 0.5) is 0 Å². The number of hydrogen-bond donors (Lipinski definition) is 0. The molecule has 2 bridgehead atoms. The van der Waals surface area contributed by atoms with Crippen molar-refractivity contribution in [3.8, 4) is 0 Å². The first-order valence-corrected chi connectivity index (χ1v) is 7.70. The number of fused-ring (bicyclic) bond motifs is 1. The Morgan fingerprint density at radius 2 is 1.74 bits per heavy atom. The van der Waals surface area contributed by atoms with Gasteiger partial charge in [0.1, 0.15) is 0 Å². The van der Waals surface area contributed by atoms with E-state index in [1.807, 2.05) is 0 Å². The molecule has 4 aliphatic carbocycles. The second kappa shape index (κ2) is 3.16. The Labute approximate surface area is 116 Å². The number of allylic oxidation sites excluding steroid dienone is 2. The average Bonchev–Trinajstić information content (AvgIpc) is 2.64. The fourth-order valence-corrected chi connectivity index (χ4v) is 5.69. The van der Waals surface area contributed by atoms with Crippen molar-refractivity contribution >= 4 is 5.57 Å². The van der Waals surface area contributed by atoms with E-state index >= 15 is 0 Å². The maximum atomic E-state index is 2.49. The Balaban J connectivity index is 2.00. The molecule has 0 N–H and O–H groups in total. The maximum Gasteiger partial charge on any atom is 0.00351 e. The molecule has 0 heteroatoms. The quantitative estimate of drug-likeness (QED) is 0.591. The van der Waals surface area contributed by atoms with Crippen LogP contribution < -0.4 is 0 Å². The minimum absolute atomic E-state index is 0.342. The van der Waals surface area contributed by atoms with Crippen molar-refractivity contribution < 1.29 is 0 Å². The van der Waals surface area contributed by atoms with Crippen LogP contribution in [0.25, 0.3) is 5.57 Å². The van der Waals surface area contributed by atoms with Gasteiger partial charge in [-0.2, -0.15) is 0 Å². The Morgan fingerprint density at radius 3 is 2.42 bits per heavy atom. The molecule has 0 aliphatic heterocycles. The van der Waals surface area contributed by atoms with Gasteiger partial charge in [0.25, 0.3) is 0 Å². The fourth-order valence-electron chi connectivity index (χ4n) is 5.69. The van der Waals surface area contributed by atoms with Crippen molar-refractivity contribution in [1.82, 2.24) is 0 Å². The summed E-state index contributed by atoms with van der Waals surface area (Å²) < 4.78 is 0. The van der Waals surface area contributed by atoms with Crippen LogP contribution in [0.5, 0.6) is 0 Å². The normalized spacial score (nSPS) is 36.6. The van der Waals surface area contributed by atoms with Gasteiger partial charge in [0.05, 0.1) is 0 Å². The zero-order chi connectivity index (χ0) is 13.6. The Kier molecular flexibility index (Phi) is 1.96. The first-order valence-electron chi connectivity index (χ1n) is 7.70. The lowest BCUT2D eigenvalue weighted by atomic mass is 9.40. The molecule has 19 heavy (non-hydrogen) atoms. The third-order valence-corrected chi connectivity index (χ3v) is 6.61. The van der Waals surface area contributed by atoms with Gasteiger partial charge in [-0.15, -0.1) is 0 Å². The fraction of sp³-hybridized carbons (Fsp3) is 0.579. The predicted molar refractivity (Wildman–Crippen MR) is 80.9 cm³/mol. The minimum Gasteiger partial charge on any atom is -0.0619 e. The zero-order valence-electron chi connectivity index (χ0n) is 12.7.